The van der Waals surface area contributed by atoms with Gasteiger partial charge in [-0.1, -0.05) is 56.5 Å². The molecule has 0 unspecified atom stereocenters. The van der Waals surface area contributed by atoms with Crippen LogP contribution in [0.4, 0.5) is 20.7 Å². The number of aromatic nitrogens is 3. The van der Waals surface area contributed by atoms with E-state index in [4.69, 9.17) is 0 Å². The maximum absolute atomic E-state index is 14.0. The van der Waals surface area contributed by atoms with Crippen LogP contribution in [0.25, 0.3) is 5.57 Å². The summed E-state index contributed by atoms with van der Waals surface area (Å²) in [7, 11) is -3.65. The number of hydrogen-bond acceptors (Lipinski definition) is 8. The average molecular weight is 502 g/mol. The Morgan fingerprint density at radius 3 is 2.42 bits per heavy atom. The number of alkyl halides is 2. The van der Waals surface area contributed by atoms with Gasteiger partial charge >= 0.3 is 0 Å². The topological polar surface area (TPSA) is 117 Å². The SMILES string of the molecule is C=C(CSc1nc(N[C@@H](CO)CC(C)C)nc(NS(C)(=O)=O)n1)c1ccccc1C(C)(F)F. The van der Waals surface area contributed by atoms with E-state index >= 15 is 0 Å². The minimum absolute atomic E-state index is 0.0875. The molecule has 0 fully saturated rings. The molecule has 0 saturated heterocycles. The predicted octanol–water partition coefficient (Wildman–Crippen LogP) is 3.98. The molecule has 1 aromatic heterocycles. The standard InChI is InChI=1S/C21H29F2N5O3S2/c1-13(2)10-15(11-29)24-18-25-19(28-33(5,30)31)27-20(26-18)32-12-14(3)16-8-6-7-9-17(16)21(4,22)23/h6-9,13,15,29H,3,10-12H2,1-2,4-5H3,(H2,24,25,26,27,28)/t15-/m1/s1. The smallest absolute Gasteiger partial charge is 0.271 e. The molecule has 2 aromatic rings. The van der Waals surface area contributed by atoms with Gasteiger partial charge in [0.15, 0.2) is 5.16 Å². The van der Waals surface area contributed by atoms with Gasteiger partial charge in [0.25, 0.3) is 5.92 Å². The number of aliphatic hydroxyl groups excluding tert-OH is 1. The monoisotopic (exact) mass is 501 g/mol. The molecular weight excluding hydrogens is 472 g/mol. The molecule has 0 amide bonds. The average Bonchev–Trinajstić information content (AvgIpc) is 2.69. The van der Waals surface area contributed by atoms with Crippen LogP contribution in [-0.2, 0) is 15.9 Å². The van der Waals surface area contributed by atoms with Crippen LogP contribution in [-0.4, -0.2) is 53.1 Å². The zero-order valence-electron chi connectivity index (χ0n) is 19.0. The van der Waals surface area contributed by atoms with E-state index in [-0.39, 0.29) is 41.0 Å². The molecule has 1 aromatic carbocycles. The highest BCUT2D eigenvalue weighted by Crippen LogP contribution is 2.34. The van der Waals surface area contributed by atoms with Crippen molar-refractivity contribution in [2.75, 3.05) is 28.7 Å². The van der Waals surface area contributed by atoms with Crippen LogP contribution in [0.5, 0.6) is 0 Å². The first kappa shape index (κ1) is 26.9. The second-order valence-corrected chi connectivity index (χ2v) is 10.8. The molecule has 0 spiro atoms. The lowest BCUT2D eigenvalue weighted by Gasteiger charge is -2.19. The molecule has 8 nitrogen and oxygen atoms in total. The first-order valence-electron chi connectivity index (χ1n) is 10.2. The lowest BCUT2D eigenvalue weighted by Crippen LogP contribution is -2.27. The molecule has 2 rings (SSSR count). The number of rotatable bonds is 12. The van der Waals surface area contributed by atoms with E-state index in [1.54, 1.807) is 18.2 Å². The Labute approximate surface area is 197 Å². The Balaban J connectivity index is 2.28. The van der Waals surface area contributed by atoms with Crippen molar-refractivity contribution in [1.29, 1.82) is 0 Å². The summed E-state index contributed by atoms with van der Waals surface area (Å²) >= 11 is 1.10. The number of anilines is 2. The fraction of sp³-hybridized carbons (Fsp3) is 0.476. The van der Waals surface area contributed by atoms with Gasteiger partial charge in [0.1, 0.15) is 0 Å². The van der Waals surface area contributed by atoms with Crippen molar-refractivity contribution in [2.24, 2.45) is 5.92 Å². The van der Waals surface area contributed by atoms with Gasteiger partial charge < -0.3 is 10.4 Å². The predicted molar refractivity (Wildman–Crippen MR) is 128 cm³/mol. The van der Waals surface area contributed by atoms with Crippen LogP contribution in [0.15, 0.2) is 36.0 Å². The lowest BCUT2D eigenvalue weighted by atomic mass is 9.98. The Morgan fingerprint density at radius 2 is 1.85 bits per heavy atom. The molecule has 182 valence electrons. The van der Waals surface area contributed by atoms with Gasteiger partial charge in [0.2, 0.25) is 21.9 Å². The molecule has 1 heterocycles. The number of sulfonamides is 1. The Bertz CT molecular complexity index is 1080. The molecular formula is C21H29F2N5O3S2. The zero-order valence-corrected chi connectivity index (χ0v) is 20.6. The third-order valence-electron chi connectivity index (χ3n) is 4.36. The fourth-order valence-electron chi connectivity index (χ4n) is 3.03. The van der Waals surface area contributed by atoms with Crippen molar-refractivity contribution in [1.82, 2.24) is 15.0 Å². The normalized spacial score (nSPS) is 13.1. The van der Waals surface area contributed by atoms with Gasteiger partial charge in [-0.05, 0) is 23.5 Å². The van der Waals surface area contributed by atoms with Crippen LogP contribution in [0.1, 0.15) is 38.3 Å². The highest BCUT2D eigenvalue weighted by Gasteiger charge is 2.28. The van der Waals surface area contributed by atoms with Crippen molar-refractivity contribution in [3.8, 4) is 0 Å². The number of aliphatic hydroxyl groups is 1. The second-order valence-electron chi connectivity index (χ2n) is 8.12. The van der Waals surface area contributed by atoms with Crippen LogP contribution in [0.2, 0.25) is 0 Å². The molecule has 1 atom stereocenters. The van der Waals surface area contributed by atoms with Gasteiger partial charge in [0, 0.05) is 18.2 Å². The summed E-state index contributed by atoms with van der Waals surface area (Å²) in [5.74, 6) is -2.66. The zero-order chi connectivity index (χ0) is 24.8. The number of hydrogen-bond donors (Lipinski definition) is 3. The summed E-state index contributed by atoms with van der Waals surface area (Å²) in [5, 5.41) is 12.8. The van der Waals surface area contributed by atoms with Gasteiger partial charge in [-0.3, -0.25) is 4.72 Å². The molecule has 3 N–H and O–H groups in total. The number of benzene rings is 1. The fourth-order valence-corrected chi connectivity index (χ4v) is 4.22. The summed E-state index contributed by atoms with van der Waals surface area (Å²) in [5.41, 5.74) is 0.641. The largest absolute Gasteiger partial charge is 0.394 e. The Kier molecular flexibility index (Phi) is 9.15. The molecule has 0 radical (unpaired) electrons. The first-order valence-corrected chi connectivity index (χ1v) is 13.1. The Hall–Kier alpha value is -2.31. The molecule has 0 saturated carbocycles. The summed E-state index contributed by atoms with van der Waals surface area (Å²) in [4.78, 5) is 12.5. The van der Waals surface area contributed by atoms with Gasteiger partial charge in [-0.25, -0.2) is 17.2 Å². The van der Waals surface area contributed by atoms with Gasteiger partial charge in [-0.2, -0.15) is 15.0 Å². The van der Waals surface area contributed by atoms with Crippen molar-refractivity contribution < 1.29 is 22.3 Å². The van der Waals surface area contributed by atoms with E-state index in [0.717, 1.165) is 24.9 Å². The first-order chi connectivity index (χ1) is 15.3. The minimum atomic E-state index is -3.65. The molecule has 33 heavy (non-hydrogen) atoms. The van der Waals surface area contributed by atoms with E-state index in [1.807, 2.05) is 13.8 Å². The summed E-state index contributed by atoms with van der Waals surface area (Å²) < 4.78 is 53.5. The molecule has 0 aliphatic rings. The van der Waals surface area contributed by atoms with Gasteiger partial charge in [-0.15, -0.1) is 0 Å². The number of thioether (sulfide) groups is 1. The van der Waals surface area contributed by atoms with E-state index < -0.39 is 15.9 Å². The van der Waals surface area contributed by atoms with E-state index in [1.165, 1.54) is 6.07 Å². The third kappa shape index (κ3) is 8.86. The van der Waals surface area contributed by atoms with Crippen LogP contribution in [0.3, 0.4) is 0 Å². The summed E-state index contributed by atoms with van der Waals surface area (Å²) in [6.45, 7) is 8.59. The molecule has 12 heteroatoms. The maximum atomic E-state index is 14.0. The third-order valence-corrected chi connectivity index (χ3v) is 5.84. The van der Waals surface area contributed by atoms with Crippen molar-refractivity contribution in [3.05, 3.63) is 42.0 Å². The van der Waals surface area contributed by atoms with Crippen molar-refractivity contribution in [3.63, 3.8) is 0 Å². The molecule has 0 bridgehead atoms. The van der Waals surface area contributed by atoms with Crippen LogP contribution < -0.4 is 10.0 Å². The molecule has 0 aliphatic carbocycles. The lowest BCUT2D eigenvalue weighted by molar-refractivity contribution is 0.0172. The maximum Gasteiger partial charge on any atom is 0.271 e. The number of nitrogens with one attached hydrogen (secondary N) is 2. The molecule has 0 aliphatic heterocycles. The van der Waals surface area contributed by atoms with E-state index in [0.29, 0.717) is 23.5 Å². The number of nitrogens with zero attached hydrogens (tertiary/aromatic N) is 3. The highest BCUT2D eigenvalue weighted by molar-refractivity contribution is 7.99. The van der Waals surface area contributed by atoms with Crippen LogP contribution in [0, 0.1) is 5.92 Å². The highest BCUT2D eigenvalue weighted by atomic mass is 32.2. The van der Waals surface area contributed by atoms with Crippen LogP contribution >= 0.6 is 11.8 Å². The summed E-state index contributed by atoms with van der Waals surface area (Å²) in [6, 6.07) is 5.78. The van der Waals surface area contributed by atoms with E-state index in [9.17, 15) is 22.3 Å². The van der Waals surface area contributed by atoms with E-state index in [2.05, 4.69) is 31.6 Å². The number of halogens is 2. The van der Waals surface area contributed by atoms with Gasteiger partial charge in [0.05, 0.1) is 18.9 Å². The van der Waals surface area contributed by atoms with Crippen molar-refractivity contribution in [2.45, 2.75) is 44.3 Å². The summed E-state index contributed by atoms with van der Waals surface area (Å²) in [6.07, 6.45) is 1.61. The quantitative estimate of drug-likeness (QED) is 0.374. The second kappa shape index (κ2) is 11.2. The van der Waals surface area contributed by atoms with Crippen molar-refractivity contribution >= 4 is 39.3 Å². The minimum Gasteiger partial charge on any atom is -0.394 e. The Morgan fingerprint density at radius 1 is 1.21 bits per heavy atom.